The molecule has 0 aromatic heterocycles. The molecule has 0 aliphatic heterocycles. The van der Waals surface area contributed by atoms with E-state index >= 15 is 0 Å². The molecule has 1 aromatic rings. The first-order valence-corrected chi connectivity index (χ1v) is 4.96. The first kappa shape index (κ1) is 10.4. The SMILES string of the molecule is CC(C)(O)c1ccccc1S(=O)O. The number of hydrogen-bond acceptors (Lipinski definition) is 2. The fourth-order valence-corrected chi connectivity index (χ4v) is 1.83. The van der Waals surface area contributed by atoms with Gasteiger partial charge in [0.1, 0.15) is 0 Å². The average Bonchev–Trinajstić information content (AvgIpc) is 2.03. The predicted octanol–water partition coefficient (Wildman–Crippen LogP) is 1.49. The van der Waals surface area contributed by atoms with Crippen molar-refractivity contribution >= 4 is 11.1 Å². The summed E-state index contributed by atoms with van der Waals surface area (Å²) < 4.78 is 19.8. The molecule has 4 heteroatoms. The lowest BCUT2D eigenvalue weighted by Gasteiger charge is -2.19. The summed E-state index contributed by atoms with van der Waals surface area (Å²) in [6.45, 7) is 3.16. The van der Waals surface area contributed by atoms with Gasteiger partial charge in [0.05, 0.1) is 10.5 Å². The number of hydrogen-bond donors (Lipinski definition) is 2. The molecule has 0 heterocycles. The molecule has 0 aliphatic carbocycles. The van der Waals surface area contributed by atoms with Gasteiger partial charge in [-0.05, 0) is 19.9 Å². The first-order valence-electron chi connectivity index (χ1n) is 3.85. The number of benzene rings is 1. The Labute approximate surface area is 79.7 Å². The maximum absolute atomic E-state index is 10.9. The lowest BCUT2D eigenvalue weighted by molar-refractivity contribution is 0.0755. The zero-order chi connectivity index (χ0) is 10.1. The molecule has 13 heavy (non-hydrogen) atoms. The van der Waals surface area contributed by atoms with Gasteiger partial charge >= 0.3 is 0 Å². The monoisotopic (exact) mass is 200 g/mol. The van der Waals surface area contributed by atoms with Gasteiger partial charge in [0, 0.05) is 5.56 Å². The van der Waals surface area contributed by atoms with E-state index in [2.05, 4.69) is 0 Å². The molecule has 0 spiro atoms. The van der Waals surface area contributed by atoms with E-state index in [9.17, 15) is 9.32 Å². The average molecular weight is 200 g/mol. The van der Waals surface area contributed by atoms with Crippen molar-refractivity contribution < 1.29 is 13.9 Å². The van der Waals surface area contributed by atoms with Gasteiger partial charge in [-0.3, -0.25) is 0 Å². The molecule has 0 fully saturated rings. The second-order valence-corrected chi connectivity index (χ2v) is 4.24. The van der Waals surface area contributed by atoms with Gasteiger partial charge < -0.3 is 9.66 Å². The molecule has 0 aliphatic rings. The minimum Gasteiger partial charge on any atom is -0.386 e. The van der Waals surface area contributed by atoms with Crippen LogP contribution in [-0.4, -0.2) is 13.9 Å². The zero-order valence-electron chi connectivity index (χ0n) is 7.52. The van der Waals surface area contributed by atoms with E-state index in [-0.39, 0.29) is 4.90 Å². The fraction of sp³-hybridized carbons (Fsp3) is 0.333. The van der Waals surface area contributed by atoms with E-state index in [1.807, 2.05) is 0 Å². The third kappa shape index (κ3) is 2.37. The van der Waals surface area contributed by atoms with Crippen LogP contribution in [0.1, 0.15) is 19.4 Å². The molecule has 72 valence electrons. The lowest BCUT2D eigenvalue weighted by atomic mass is 9.99. The lowest BCUT2D eigenvalue weighted by Crippen LogP contribution is -2.18. The Morgan fingerprint density at radius 3 is 2.23 bits per heavy atom. The van der Waals surface area contributed by atoms with E-state index < -0.39 is 16.7 Å². The number of aliphatic hydroxyl groups is 1. The highest BCUT2D eigenvalue weighted by atomic mass is 32.2. The Kier molecular flexibility index (Phi) is 2.85. The second-order valence-electron chi connectivity index (χ2n) is 3.30. The highest BCUT2D eigenvalue weighted by Crippen LogP contribution is 2.24. The van der Waals surface area contributed by atoms with Gasteiger partial charge in [0.25, 0.3) is 0 Å². The molecule has 0 saturated heterocycles. The smallest absolute Gasteiger partial charge is 0.186 e. The third-order valence-electron chi connectivity index (χ3n) is 1.73. The molecule has 0 bridgehead atoms. The van der Waals surface area contributed by atoms with Crippen LogP contribution in [-0.2, 0) is 16.7 Å². The third-order valence-corrected chi connectivity index (χ3v) is 2.47. The summed E-state index contributed by atoms with van der Waals surface area (Å²) in [6, 6.07) is 6.56. The van der Waals surface area contributed by atoms with E-state index in [4.69, 9.17) is 4.55 Å². The minimum atomic E-state index is -2.05. The van der Waals surface area contributed by atoms with Crippen LogP contribution >= 0.6 is 0 Å². The Morgan fingerprint density at radius 2 is 1.85 bits per heavy atom. The van der Waals surface area contributed by atoms with Crippen LogP contribution in [0, 0.1) is 0 Å². The van der Waals surface area contributed by atoms with Crippen molar-refractivity contribution in [3.63, 3.8) is 0 Å². The van der Waals surface area contributed by atoms with Gasteiger partial charge in [0.15, 0.2) is 11.1 Å². The van der Waals surface area contributed by atoms with Crippen molar-refractivity contribution in [1.29, 1.82) is 0 Å². The molecule has 0 amide bonds. The maximum Gasteiger partial charge on any atom is 0.186 e. The molecule has 1 rings (SSSR count). The fourth-order valence-electron chi connectivity index (χ4n) is 1.12. The largest absolute Gasteiger partial charge is 0.386 e. The molecule has 2 N–H and O–H groups in total. The van der Waals surface area contributed by atoms with E-state index in [0.717, 1.165) is 0 Å². The summed E-state index contributed by atoms with van der Waals surface area (Å²) in [5.41, 5.74) is -0.606. The van der Waals surface area contributed by atoms with Crippen molar-refractivity contribution in [1.82, 2.24) is 0 Å². The topological polar surface area (TPSA) is 57.5 Å². The highest BCUT2D eigenvalue weighted by Gasteiger charge is 2.21. The Bertz CT molecular complexity index is 328. The Morgan fingerprint density at radius 1 is 1.31 bits per heavy atom. The Balaban J connectivity index is 3.28. The normalized spacial score (nSPS) is 14.2. The van der Waals surface area contributed by atoms with Crippen molar-refractivity contribution in [2.24, 2.45) is 0 Å². The van der Waals surface area contributed by atoms with Crippen LogP contribution in [0.3, 0.4) is 0 Å². The maximum atomic E-state index is 10.9. The predicted molar refractivity (Wildman–Crippen MR) is 50.7 cm³/mol. The molecule has 1 atom stereocenters. The molecular formula is C9H12O3S. The summed E-state index contributed by atoms with van der Waals surface area (Å²) in [4.78, 5) is 0.259. The van der Waals surface area contributed by atoms with Crippen LogP contribution in [0.4, 0.5) is 0 Å². The zero-order valence-corrected chi connectivity index (χ0v) is 8.34. The quantitative estimate of drug-likeness (QED) is 0.711. The molecule has 1 unspecified atom stereocenters. The summed E-state index contributed by atoms with van der Waals surface area (Å²) in [6.07, 6.45) is 0. The minimum absolute atomic E-state index is 0.259. The van der Waals surface area contributed by atoms with Crippen molar-refractivity contribution in [2.45, 2.75) is 24.3 Å². The van der Waals surface area contributed by atoms with E-state index in [1.54, 1.807) is 32.0 Å². The highest BCUT2D eigenvalue weighted by molar-refractivity contribution is 7.79. The van der Waals surface area contributed by atoms with Gasteiger partial charge in [-0.1, -0.05) is 18.2 Å². The van der Waals surface area contributed by atoms with Crippen molar-refractivity contribution in [2.75, 3.05) is 0 Å². The van der Waals surface area contributed by atoms with Gasteiger partial charge in [0.2, 0.25) is 0 Å². The summed E-state index contributed by atoms with van der Waals surface area (Å²) in [7, 11) is 0. The van der Waals surface area contributed by atoms with E-state index in [0.29, 0.717) is 5.56 Å². The standard InChI is InChI=1S/C9H12O3S/c1-9(2,10)7-5-3-4-6-8(7)13(11)12/h3-6,10H,1-2H3,(H,11,12). The van der Waals surface area contributed by atoms with Crippen LogP contribution in [0.2, 0.25) is 0 Å². The molecule has 3 nitrogen and oxygen atoms in total. The summed E-state index contributed by atoms with van der Waals surface area (Å²) in [5.74, 6) is 0. The molecular weight excluding hydrogens is 188 g/mol. The van der Waals surface area contributed by atoms with Gasteiger partial charge in [-0.15, -0.1) is 0 Å². The van der Waals surface area contributed by atoms with Crippen molar-refractivity contribution in [3.05, 3.63) is 29.8 Å². The molecule has 0 saturated carbocycles. The summed E-state index contributed by atoms with van der Waals surface area (Å²) in [5, 5.41) is 9.67. The van der Waals surface area contributed by atoms with Gasteiger partial charge in [-0.2, -0.15) is 0 Å². The van der Waals surface area contributed by atoms with Crippen LogP contribution in [0.5, 0.6) is 0 Å². The molecule has 0 radical (unpaired) electrons. The van der Waals surface area contributed by atoms with Crippen molar-refractivity contribution in [3.8, 4) is 0 Å². The molecule has 1 aromatic carbocycles. The van der Waals surface area contributed by atoms with Crippen LogP contribution in [0.15, 0.2) is 29.2 Å². The second kappa shape index (κ2) is 3.57. The van der Waals surface area contributed by atoms with E-state index in [1.165, 1.54) is 6.07 Å². The number of rotatable bonds is 2. The van der Waals surface area contributed by atoms with Crippen LogP contribution < -0.4 is 0 Å². The van der Waals surface area contributed by atoms with Crippen LogP contribution in [0.25, 0.3) is 0 Å². The van der Waals surface area contributed by atoms with Gasteiger partial charge in [-0.25, -0.2) is 4.21 Å². The first-order chi connectivity index (χ1) is 5.93. The summed E-state index contributed by atoms with van der Waals surface area (Å²) >= 11 is -2.05. The Hall–Kier alpha value is -0.710.